The lowest BCUT2D eigenvalue weighted by Crippen LogP contribution is -2.39. The highest BCUT2D eigenvalue weighted by Gasteiger charge is 2.18. The van der Waals surface area contributed by atoms with E-state index in [2.05, 4.69) is 17.2 Å². The second-order valence-corrected chi connectivity index (χ2v) is 5.18. The maximum absolute atomic E-state index is 12.1. The molecule has 1 amide bonds. The van der Waals surface area contributed by atoms with Crippen LogP contribution in [-0.2, 0) is 4.74 Å². The molecule has 3 N–H and O–H groups in total. The molecule has 4 nitrogen and oxygen atoms in total. The number of rotatable bonds is 4. The van der Waals surface area contributed by atoms with Gasteiger partial charge < -0.3 is 15.8 Å². The Morgan fingerprint density at radius 3 is 2.70 bits per heavy atom. The zero-order chi connectivity index (χ0) is 15.2. The fraction of sp³-hybridized carbons (Fsp3) is 0.438. The Kier molecular flexibility index (Phi) is 5.75. The molecule has 0 bridgehead atoms. The average Bonchev–Trinajstić information content (AvgIpc) is 2.43. The van der Waals surface area contributed by atoms with Gasteiger partial charge in [-0.2, -0.15) is 0 Å². The van der Waals surface area contributed by atoms with Gasteiger partial charge >= 0.3 is 0 Å². The third-order valence-electron chi connectivity index (χ3n) is 3.04. The molecule has 20 heavy (non-hydrogen) atoms. The van der Waals surface area contributed by atoms with Crippen LogP contribution in [0.5, 0.6) is 0 Å². The molecule has 0 aliphatic rings. The second kappa shape index (κ2) is 7.09. The minimum atomic E-state index is -0.378. The van der Waals surface area contributed by atoms with E-state index >= 15 is 0 Å². The molecule has 0 heterocycles. The van der Waals surface area contributed by atoms with Gasteiger partial charge in [0.05, 0.1) is 12.1 Å². The van der Waals surface area contributed by atoms with Crippen molar-refractivity contribution in [3.05, 3.63) is 34.9 Å². The molecule has 0 unspecified atom stereocenters. The molecule has 4 heteroatoms. The van der Waals surface area contributed by atoms with Crippen LogP contribution >= 0.6 is 0 Å². The summed E-state index contributed by atoms with van der Waals surface area (Å²) in [5.41, 5.74) is 7.44. The first-order chi connectivity index (χ1) is 9.39. The molecule has 1 aromatic rings. The first-order valence-corrected chi connectivity index (χ1v) is 6.52. The fourth-order valence-corrected chi connectivity index (χ4v) is 1.56. The Balaban J connectivity index is 2.78. The van der Waals surface area contributed by atoms with Crippen LogP contribution in [0.15, 0.2) is 18.2 Å². The Hall–Kier alpha value is -1.83. The summed E-state index contributed by atoms with van der Waals surface area (Å²) in [4.78, 5) is 12.1. The quantitative estimate of drug-likeness (QED) is 0.817. The normalized spacial score (nSPS) is 10.7. The molecular weight excluding hydrogens is 252 g/mol. The lowest BCUT2D eigenvalue weighted by Gasteiger charge is -2.23. The minimum Gasteiger partial charge on any atom is -0.377 e. The molecular formula is C16H22N2O2. The summed E-state index contributed by atoms with van der Waals surface area (Å²) in [6, 6.07) is 5.44. The first-order valence-electron chi connectivity index (χ1n) is 6.52. The summed E-state index contributed by atoms with van der Waals surface area (Å²) in [6.45, 7) is 6.55. The van der Waals surface area contributed by atoms with Crippen molar-refractivity contribution in [2.24, 2.45) is 5.73 Å². The highest BCUT2D eigenvalue weighted by molar-refractivity contribution is 5.94. The van der Waals surface area contributed by atoms with Gasteiger partial charge in [-0.05, 0) is 44.5 Å². The molecule has 0 aliphatic carbocycles. The van der Waals surface area contributed by atoms with Crippen LogP contribution in [0.4, 0.5) is 0 Å². The van der Waals surface area contributed by atoms with Crippen molar-refractivity contribution in [2.75, 3.05) is 20.2 Å². The second-order valence-electron chi connectivity index (χ2n) is 5.18. The number of hydrogen-bond acceptors (Lipinski definition) is 3. The first kappa shape index (κ1) is 16.2. The monoisotopic (exact) mass is 274 g/mol. The molecule has 0 aromatic heterocycles. The summed E-state index contributed by atoms with van der Waals surface area (Å²) < 4.78 is 5.27. The number of aryl methyl sites for hydroxylation is 1. The average molecular weight is 274 g/mol. The number of nitrogens with one attached hydrogen (secondary N) is 1. The highest BCUT2D eigenvalue weighted by atomic mass is 16.5. The molecule has 0 aliphatic heterocycles. The van der Waals surface area contributed by atoms with Crippen molar-refractivity contribution in [3.8, 4) is 11.8 Å². The Morgan fingerprint density at radius 1 is 1.45 bits per heavy atom. The number of amides is 1. The van der Waals surface area contributed by atoms with Crippen molar-refractivity contribution in [1.82, 2.24) is 5.32 Å². The van der Waals surface area contributed by atoms with E-state index in [1.54, 1.807) is 13.2 Å². The van der Waals surface area contributed by atoms with E-state index in [-0.39, 0.29) is 11.5 Å². The standard InChI is InChI=1S/C16H22N2O2/c1-12-10-14(8-7-13(12)6-5-9-17)15(19)18-11-16(2,3)20-4/h7-8,10H,9,11,17H2,1-4H3,(H,18,19). The summed E-state index contributed by atoms with van der Waals surface area (Å²) in [5.74, 6) is 5.67. The van der Waals surface area contributed by atoms with Crippen LogP contribution in [0.25, 0.3) is 0 Å². The van der Waals surface area contributed by atoms with Crippen LogP contribution in [-0.4, -0.2) is 31.7 Å². The van der Waals surface area contributed by atoms with Gasteiger partial charge in [-0.15, -0.1) is 0 Å². The lowest BCUT2D eigenvalue weighted by atomic mass is 10.0. The predicted molar refractivity (Wildman–Crippen MR) is 80.5 cm³/mol. The number of methoxy groups -OCH3 is 1. The number of nitrogens with two attached hydrogens (primary N) is 1. The smallest absolute Gasteiger partial charge is 0.251 e. The lowest BCUT2D eigenvalue weighted by molar-refractivity contribution is 0.0229. The van der Waals surface area contributed by atoms with Crippen LogP contribution in [0, 0.1) is 18.8 Å². The van der Waals surface area contributed by atoms with Gasteiger partial charge in [-0.3, -0.25) is 4.79 Å². The maximum Gasteiger partial charge on any atom is 0.251 e. The number of ether oxygens (including phenoxy) is 1. The van der Waals surface area contributed by atoms with E-state index in [0.717, 1.165) is 11.1 Å². The maximum atomic E-state index is 12.1. The summed E-state index contributed by atoms with van der Waals surface area (Å²) in [7, 11) is 1.63. The van der Waals surface area contributed by atoms with E-state index in [1.165, 1.54) is 0 Å². The molecule has 0 saturated heterocycles. The van der Waals surface area contributed by atoms with Crippen LogP contribution in [0.2, 0.25) is 0 Å². The van der Waals surface area contributed by atoms with Crippen LogP contribution in [0.1, 0.15) is 35.3 Å². The zero-order valence-corrected chi connectivity index (χ0v) is 12.5. The van der Waals surface area contributed by atoms with Gasteiger partial charge in [0.2, 0.25) is 0 Å². The van der Waals surface area contributed by atoms with E-state index in [4.69, 9.17) is 10.5 Å². The largest absolute Gasteiger partial charge is 0.377 e. The molecule has 0 fully saturated rings. The topological polar surface area (TPSA) is 64.3 Å². The molecule has 108 valence electrons. The van der Waals surface area contributed by atoms with E-state index < -0.39 is 0 Å². The van der Waals surface area contributed by atoms with Crippen molar-refractivity contribution in [2.45, 2.75) is 26.4 Å². The van der Waals surface area contributed by atoms with Gasteiger partial charge in [-0.1, -0.05) is 11.8 Å². The van der Waals surface area contributed by atoms with Crippen LogP contribution in [0.3, 0.4) is 0 Å². The SMILES string of the molecule is COC(C)(C)CNC(=O)c1ccc(C#CCN)c(C)c1. The molecule has 1 rings (SSSR count). The molecule has 1 aromatic carbocycles. The van der Waals surface area contributed by atoms with E-state index in [9.17, 15) is 4.79 Å². The van der Waals surface area contributed by atoms with Crippen LogP contribution < -0.4 is 11.1 Å². The molecule has 0 atom stereocenters. The van der Waals surface area contributed by atoms with Gasteiger partial charge in [-0.25, -0.2) is 0 Å². The number of benzene rings is 1. The Bertz CT molecular complexity index is 539. The minimum absolute atomic E-state index is 0.114. The Labute approximate surface area is 120 Å². The van der Waals surface area contributed by atoms with Crippen molar-refractivity contribution >= 4 is 5.91 Å². The number of hydrogen-bond donors (Lipinski definition) is 2. The van der Waals surface area contributed by atoms with Crippen molar-refractivity contribution in [3.63, 3.8) is 0 Å². The molecule has 0 radical (unpaired) electrons. The van der Waals surface area contributed by atoms with Gasteiger partial charge in [0.25, 0.3) is 5.91 Å². The van der Waals surface area contributed by atoms with Gasteiger partial charge in [0, 0.05) is 24.8 Å². The summed E-state index contributed by atoms with van der Waals surface area (Å²) >= 11 is 0. The predicted octanol–water partition coefficient (Wildman–Crippen LogP) is 1.46. The fourth-order valence-electron chi connectivity index (χ4n) is 1.56. The molecule has 0 spiro atoms. The van der Waals surface area contributed by atoms with E-state index in [1.807, 2.05) is 32.9 Å². The third-order valence-corrected chi connectivity index (χ3v) is 3.04. The summed E-state index contributed by atoms with van der Waals surface area (Å²) in [5, 5.41) is 2.86. The number of carbonyl (C=O) groups excluding carboxylic acids is 1. The number of carbonyl (C=O) groups is 1. The van der Waals surface area contributed by atoms with Crippen molar-refractivity contribution in [1.29, 1.82) is 0 Å². The Morgan fingerprint density at radius 2 is 2.15 bits per heavy atom. The molecule has 0 saturated carbocycles. The van der Waals surface area contributed by atoms with Gasteiger partial charge in [0.1, 0.15) is 0 Å². The van der Waals surface area contributed by atoms with E-state index in [0.29, 0.717) is 18.7 Å². The van der Waals surface area contributed by atoms with Gasteiger partial charge in [0.15, 0.2) is 0 Å². The highest BCUT2D eigenvalue weighted by Crippen LogP contribution is 2.11. The third kappa shape index (κ3) is 4.69. The zero-order valence-electron chi connectivity index (χ0n) is 12.5. The van der Waals surface area contributed by atoms with Crippen molar-refractivity contribution < 1.29 is 9.53 Å². The summed E-state index contributed by atoms with van der Waals surface area (Å²) in [6.07, 6.45) is 0.